The summed E-state index contributed by atoms with van der Waals surface area (Å²) in [5.41, 5.74) is 0.608. The van der Waals surface area contributed by atoms with E-state index in [1.165, 1.54) is 24.3 Å². The molecule has 0 aliphatic carbocycles. The number of rotatable bonds is 6. The minimum atomic E-state index is -2.87. The summed E-state index contributed by atoms with van der Waals surface area (Å²) in [6.07, 6.45) is 0.463. The van der Waals surface area contributed by atoms with Gasteiger partial charge < -0.3 is 15.2 Å². The minimum absolute atomic E-state index is 0.0292. The predicted octanol–water partition coefficient (Wildman–Crippen LogP) is 1.07. The Balaban J connectivity index is 2.72. The maximum atomic E-state index is 11.8. The van der Waals surface area contributed by atoms with Crippen molar-refractivity contribution in [1.29, 1.82) is 0 Å². The largest absolute Gasteiger partial charge is 0.435 e. The number of carbonyl (C=O) groups excluding carboxylic acids is 1. The number of aliphatic hydroxyl groups is 1. The van der Waals surface area contributed by atoms with Crippen molar-refractivity contribution >= 4 is 6.41 Å². The van der Waals surface area contributed by atoms with E-state index in [0.29, 0.717) is 12.0 Å². The van der Waals surface area contributed by atoms with Crippen LogP contribution in [-0.2, 0) is 4.79 Å². The highest BCUT2D eigenvalue weighted by Gasteiger charge is 2.09. The summed E-state index contributed by atoms with van der Waals surface area (Å²) in [4.78, 5) is 10.2. The van der Waals surface area contributed by atoms with E-state index in [1.54, 1.807) is 0 Å². The van der Waals surface area contributed by atoms with Gasteiger partial charge in [-0.3, -0.25) is 4.79 Å². The summed E-state index contributed by atoms with van der Waals surface area (Å²) >= 11 is 0. The van der Waals surface area contributed by atoms with E-state index in [9.17, 15) is 13.6 Å². The highest BCUT2D eigenvalue weighted by Crippen LogP contribution is 2.18. The first-order valence-electron chi connectivity index (χ1n) is 4.52. The van der Waals surface area contributed by atoms with Crippen LogP contribution >= 0.6 is 0 Å². The molecule has 0 saturated carbocycles. The van der Waals surface area contributed by atoms with Gasteiger partial charge in [0, 0.05) is 0 Å². The molecule has 1 aromatic rings. The molecule has 0 aliphatic rings. The second-order valence-corrected chi connectivity index (χ2v) is 2.97. The van der Waals surface area contributed by atoms with Crippen LogP contribution in [0.25, 0.3) is 0 Å². The van der Waals surface area contributed by atoms with Gasteiger partial charge in [0.25, 0.3) is 0 Å². The number of alkyl halides is 2. The van der Waals surface area contributed by atoms with Gasteiger partial charge in [-0.05, 0) is 17.7 Å². The Morgan fingerprint density at radius 3 is 2.44 bits per heavy atom. The lowest BCUT2D eigenvalue weighted by molar-refractivity contribution is -0.110. The molecule has 2 N–H and O–H groups in total. The van der Waals surface area contributed by atoms with Gasteiger partial charge in [0.2, 0.25) is 6.41 Å². The van der Waals surface area contributed by atoms with E-state index in [-0.39, 0.29) is 12.4 Å². The molecule has 0 radical (unpaired) electrons. The van der Waals surface area contributed by atoms with Gasteiger partial charge in [-0.1, -0.05) is 12.1 Å². The fourth-order valence-corrected chi connectivity index (χ4v) is 1.22. The summed E-state index contributed by atoms with van der Waals surface area (Å²) in [5, 5.41) is 11.3. The lowest BCUT2D eigenvalue weighted by Crippen LogP contribution is -2.22. The number of halogens is 2. The molecule has 1 rings (SSSR count). The molecule has 6 heteroatoms. The van der Waals surface area contributed by atoms with Gasteiger partial charge in [0.05, 0.1) is 12.6 Å². The quantitative estimate of drug-likeness (QED) is 0.720. The first-order chi connectivity index (χ1) is 7.67. The summed E-state index contributed by atoms with van der Waals surface area (Å²) in [6.45, 7) is -3.14. The van der Waals surface area contributed by atoms with Crippen LogP contribution < -0.4 is 10.1 Å². The summed E-state index contributed by atoms with van der Waals surface area (Å²) in [7, 11) is 0. The molecular weight excluding hydrogens is 220 g/mol. The Hall–Kier alpha value is -1.69. The average molecular weight is 231 g/mol. The van der Waals surface area contributed by atoms with E-state index in [0.717, 1.165) is 0 Å². The first-order valence-corrected chi connectivity index (χ1v) is 4.52. The summed E-state index contributed by atoms with van der Waals surface area (Å²) in [6, 6.07) is 5.13. The van der Waals surface area contributed by atoms with Crippen molar-refractivity contribution in [3.63, 3.8) is 0 Å². The predicted molar refractivity (Wildman–Crippen MR) is 52.1 cm³/mol. The molecular formula is C10H11F2NO3. The standard InChI is InChI=1S/C10H11F2NO3/c11-10(12)16-8-3-1-7(2-4-8)9(5-14)13-6-15/h1-4,6,9-10,14H,5H2,(H,13,15). The maximum absolute atomic E-state index is 11.8. The smallest absolute Gasteiger partial charge is 0.387 e. The normalized spacial score (nSPS) is 12.2. The molecule has 0 fully saturated rings. The van der Waals surface area contributed by atoms with E-state index < -0.39 is 12.7 Å². The molecule has 1 aromatic carbocycles. The number of nitrogens with one attached hydrogen (secondary N) is 1. The number of benzene rings is 1. The number of hydrogen-bond donors (Lipinski definition) is 2. The Morgan fingerprint density at radius 1 is 1.38 bits per heavy atom. The van der Waals surface area contributed by atoms with Crippen LogP contribution in [0.1, 0.15) is 11.6 Å². The Kier molecular flexibility index (Phi) is 4.65. The van der Waals surface area contributed by atoms with Crippen LogP contribution in [0.2, 0.25) is 0 Å². The molecule has 88 valence electrons. The zero-order valence-electron chi connectivity index (χ0n) is 8.27. The SMILES string of the molecule is O=CNC(CO)c1ccc(OC(F)F)cc1. The van der Waals surface area contributed by atoms with Gasteiger partial charge in [-0.2, -0.15) is 8.78 Å². The van der Waals surface area contributed by atoms with Crippen LogP contribution in [0, 0.1) is 0 Å². The maximum Gasteiger partial charge on any atom is 0.387 e. The molecule has 1 atom stereocenters. The van der Waals surface area contributed by atoms with Gasteiger partial charge in [-0.25, -0.2) is 0 Å². The fraction of sp³-hybridized carbons (Fsp3) is 0.300. The first kappa shape index (κ1) is 12.4. The number of carbonyl (C=O) groups is 1. The second-order valence-electron chi connectivity index (χ2n) is 2.97. The Bertz CT molecular complexity index is 329. The molecule has 1 unspecified atom stereocenters. The van der Waals surface area contributed by atoms with Crippen LogP contribution in [0.15, 0.2) is 24.3 Å². The van der Waals surface area contributed by atoms with E-state index in [2.05, 4.69) is 10.1 Å². The molecule has 0 heterocycles. The number of ether oxygens (including phenoxy) is 1. The van der Waals surface area contributed by atoms with Crippen molar-refractivity contribution in [2.45, 2.75) is 12.7 Å². The van der Waals surface area contributed by atoms with Crippen LogP contribution in [0.4, 0.5) is 8.78 Å². The van der Waals surface area contributed by atoms with Crippen molar-refractivity contribution in [2.24, 2.45) is 0 Å². The van der Waals surface area contributed by atoms with Crippen molar-refractivity contribution in [1.82, 2.24) is 5.32 Å². The molecule has 0 saturated heterocycles. The van der Waals surface area contributed by atoms with Gasteiger partial charge >= 0.3 is 6.61 Å². The lowest BCUT2D eigenvalue weighted by Gasteiger charge is -2.13. The second kappa shape index (κ2) is 6.02. The van der Waals surface area contributed by atoms with E-state index in [4.69, 9.17) is 5.11 Å². The average Bonchev–Trinajstić information content (AvgIpc) is 2.26. The molecule has 0 aromatic heterocycles. The van der Waals surface area contributed by atoms with E-state index >= 15 is 0 Å². The Labute approximate surface area is 90.8 Å². The van der Waals surface area contributed by atoms with E-state index in [1.807, 2.05) is 0 Å². The van der Waals surface area contributed by atoms with Gasteiger partial charge in [0.1, 0.15) is 5.75 Å². The zero-order chi connectivity index (χ0) is 12.0. The highest BCUT2D eigenvalue weighted by molar-refractivity contribution is 5.48. The third kappa shape index (κ3) is 3.47. The lowest BCUT2D eigenvalue weighted by atomic mass is 10.1. The minimum Gasteiger partial charge on any atom is -0.435 e. The van der Waals surface area contributed by atoms with Gasteiger partial charge in [0.15, 0.2) is 0 Å². The molecule has 1 amide bonds. The van der Waals surface area contributed by atoms with Crippen molar-refractivity contribution in [3.8, 4) is 5.75 Å². The fourth-order valence-electron chi connectivity index (χ4n) is 1.22. The monoisotopic (exact) mass is 231 g/mol. The number of hydrogen-bond acceptors (Lipinski definition) is 3. The van der Waals surface area contributed by atoms with Crippen LogP contribution in [0.3, 0.4) is 0 Å². The third-order valence-electron chi connectivity index (χ3n) is 1.96. The highest BCUT2D eigenvalue weighted by atomic mass is 19.3. The topological polar surface area (TPSA) is 58.6 Å². The van der Waals surface area contributed by atoms with Crippen molar-refractivity contribution in [3.05, 3.63) is 29.8 Å². The number of amides is 1. The van der Waals surface area contributed by atoms with Crippen LogP contribution in [-0.4, -0.2) is 24.7 Å². The zero-order valence-corrected chi connectivity index (χ0v) is 8.27. The van der Waals surface area contributed by atoms with Crippen LogP contribution in [0.5, 0.6) is 5.75 Å². The Morgan fingerprint density at radius 2 is 2.00 bits per heavy atom. The molecule has 0 aliphatic heterocycles. The number of aliphatic hydroxyl groups excluding tert-OH is 1. The van der Waals surface area contributed by atoms with Gasteiger partial charge in [-0.15, -0.1) is 0 Å². The van der Waals surface area contributed by atoms with Crippen molar-refractivity contribution in [2.75, 3.05) is 6.61 Å². The van der Waals surface area contributed by atoms with Crippen molar-refractivity contribution < 1.29 is 23.4 Å². The molecule has 16 heavy (non-hydrogen) atoms. The molecule has 0 spiro atoms. The molecule has 0 bridgehead atoms. The summed E-state index contributed by atoms with van der Waals surface area (Å²) in [5.74, 6) is 0.0292. The summed E-state index contributed by atoms with van der Waals surface area (Å²) < 4.78 is 27.8. The molecule has 4 nitrogen and oxygen atoms in total. The third-order valence-corrected chi connectivity index (χ3v) is 1.96.